The molecule has 0 bridgehead atoms. The van der Waals surface area contributed by atoms with Crippen LogP contribution in [0, 0.1) is 11.3 Å². The number of carbonyl (C=O) groups excluding carboxylic acids is 2. The van der Waals surface area contributed by atoms with Crippen LogP contribution in [-0.4, -0.2) is 38.0 Å². The number of hydrogen-bond acceptors (Lipinski definition) is 6. The maximum absolute atomic E-state index is 13.4. The first kappa shape index (κ1) is 22.1. The number of phenolic OH excluding ortho intramolecular Hbond substituents is 2. The Kier molecular flexibility index (Phi) is 6.16. The Bertz CT molecular complexity index is 1270. The van der Waals surface area contributed by atoms with E-state index in [2.05, 4.69) is 10.3 Å². The number of nitrogens with zero attached hydrogens (tertiary/aromatic N) is 3. The summed E-state index contributed by atoms with van der Waals surface area (Å²) in [7, 11) is 0. The Morgan fingerprint density at radius 2 is 1.91 bits per heavy atom. The Balaban J connectivity index is 1.60. The zero-order valence-electron chi connectivity index (χ0n) is 17.3. The van der Waals surface area contributed by atoms with Crippen molar-refractivity contribution in [2.24, 2.45) is 0 Å². The van der Waals surface area contributed by atoms with Gasteiger partial charge in [-0.2, -0.15) is 5.26 Å². The summed E-state index contributed by atoms with van der Waals surface area (Å²) in [5.74, 6) is -1.74. The largest absolute Gasteiger partial charge is 0.507 e. The molecule has 1 aromatic heterocycles. The van der Waals surface area contributed by atoms with Gasteiger partial charge in [-0.05, 0) is 29.3 Å². The van der Waals surface area contributed by atoms with Gasteiger partial charge in [0.25, 0.3) is 5.91 Å². The minimum atomic E-state index is -0.835. The van der Waals surface area contributed by atoms with Crippen LogP contribution in [0.2, 0.25) is 5.02 Å². The quantitative estimate of drug-likeness (QED) is 0.547. The summed E-state index contributed by atoms with van der Waals surface area (Å²) in [6.45, 7) is 0.293. The Morgan fingerprint density at radius 3 is 2.61 bits per heavy atom. The zero-order valence-corrected chi connectivity index (χ0v) is 18.1. The molecular formula is C24H19ClN4O4. The highest BCUT2D eigenvalue weighted by molar-refractivity contribution is 6.32. The van der Waals surface area contributed by atoms with Crippen molar-refractivity contribution in [3.63, 3.8) is 0 Å². The van der Waals surface area contributed by atoms with Crippen LogP contribution in [0.5, 0.6) is 11.5 Å². The van der Waals surface area contributed by atoms with Gasteiger partial charge in [0.15, 0.2) is 0 Å². The Morgan fingerprint density at radius 1 is 1.15 bits per heavy atom. The van der Waals surface area contributed by atoms with Crippen molar-refractivity contribution < 1.29 is 19.8 Å². The van der Waals surface area contributed by atoms with Crippen molar-refractivity contribution in [3.8, 4) is 17.6 Å². The lowest BCUT2D eigenvalue weighted by atomic mass is 9.92. The maximum atomic E-state index is 13.4. The first-order chi connectivity index (χ1) is 15.9. The second-order valence-electron chi connectivity index (χ2n) is 7.61. The van der Waals surface area contributed by atoms with E-state index in [0.717, 1.165) is 17.2 Å². The van der Waals surface area contributed by atoms with Crippen LogP contribution in [0.4, 0.5) is 0 Å². The number of rotatable bonds is 4. The van der Waals surface area contributed by atoms with Gasteiger partial charge < -0.3 is 20.4 Å². The molecule has 2 aromatic carbocycles. The van der Waals surface area contributed by atoms with Gasteiger partial charge in [0.1, 0.15) is 23.6 Å². The monoisotopic (exact) mass is 462 g/mol. The van der Waals surface area contributed by atoms with Gasteiger partial charge in [-0.1, -0.05) is 35.9 Å². The lowest BCUT2D eigenvalue weighted by Crippen LogP contribution is -2.52. The standard InChI is InChI=1S/C24H19ClN4O4/c25-19-8-18(21(30)9-22(19)31)24(33)29-13-16-4-2-1-3-15(16)7-20(29)23(32)28-12-17-6-5-14(10-26)11-27-17/h1-6,8-9,11,20,30-31H,7,12-13H2,(H,28,32)/t20-/m1/s1. The van der Waals surface area contributed by atoms with E-state index in [0.29, 0.717) is 17.7 Å². The lowest BCUT2D eigenvalue weighted by molar-refractivity contribution is -0.126. The third-order valence-electron chi connectivity index (χ3n) is 5.51. The van der Waals surface area contributed by atoms with Crippen molar-refractivity contribution >= 4 is 23.4 Å². The van der Waals surface area contributed by atoms with E-state index < -0.39 is 17.7 Å². The van der Waals surface area contributed by atoms with Crippen LogP contribution in [0.15, 0.2) is 54.7 Å². The van der Waals surface area contributed by atoms with Gasteiger partial charge in [0, 0.05) is 25.2 Å². The van der Waals surface area contributed by atoms with Crippen LogP contribution >= 0.6 is 11.6 Å². The molecule has 3 N–H and O–H groups in total. The number of nitriles is 1. The summed E-state index contributed by atoms with van der Waals surface area (Å²) in [6, 6.07) is 14.1. The van der Waals surface area contributed by atoms with Gasteiger partial charge in [-0.25, -0.2) is 0 Å². The maximum Gasteiger partial charge on any atom is 0.258 e. The van der Waals surface area contributed by atoms with Crippen molar-refractivity contribution in [3.05, 3.63) is 87.7 Å². The van der Waals surface area contributed by atoms with Crippen LogP contribution in [0.25, 0.3) is 0 Å². The summed E-state index contributed by atoms with van der Waals surface area (Å²) in [5, 5.41) is 31.5. The molecule has 0 spiro atoms. The fraction of sp³-hybridized carbons (Fsp3) is 0.167. The predicted octanol–water partition coefficient (Wildman–Crippen LogP) is 2.90. The molecule has 1 aliphatic heterocycles. The summed E-state index contributed by atoms with van der Waals surface area (Å²) in [4.78, 5) is 32.0. The predicted molar refractivity (Wildman–Crippen MR) is 119 cm³/mol. The average Bonchev–Trinajstić information content (AvgIpc) is 2.83. The molecule has 0 saturated carbocycles. The molecule has 0 saturated heterocycles. The Labute approximate surface area is 194 Å². The molecule has 2 amide bonds. The van der Waals surface area contributed by atoms with Crippen LogP contribution in [0.3, 0.4) is 0 Å². The number of phenols is 2. The molecule has 9 heteroatoms. The van der Waals surface area contributed by atoms with Gasteiger partial charge in [0.2, 0.25) is 5.91 Å². The summed E-state index contributed by atoms with van der Waals surface area (Å²) >= 11 is 5.95. The zero-order chi connectivity index (χ0) is 23.5. The fourth-order valence-electron chi connectivity index (χ4n) is 3.74. The van der Waals surface area contributed by atoms with Gasteiger partial charge >= 0.3 is 0 Å². The van der Waals surface area contributed by atoms with E-state index in [1.54, 1.807) is 12.1 Å². The number of nitrogens with one attached hydrogen (secondary N) is 1. The molecule has 8 nitrogen and oxygen atoms in total. The summed E-state index contributed by atoms with van der Waals surface area (Å²) < 4.78 is 0. The van der Waals surface area contributed by atoms with E-state index in [4.69, 9.17) is 16.9 Å². The third kappa shape index (κ3) is 4.59. The number of benzene rings is 2. The number of hydrogen-bond donors (Lipinski definition) is 3. The van der Waals surface area contributed by atoms with E-state index in [9.17, 15) is 19.8 Å². The number of fused-ring (bicyclic) bond motifs is 1. The number of aromatic nitrogens is 1. The number of pyridine rings is 1. The molecular weight excluding hydrogens is 444 g/mol. The highest BCUT2D eigenvalue weighted by atomic mass is 35.5. The van der Waals surface area contributed by atoms with E-state index >= 15 is 0 Å². The smallest absolute Gasteiger partial charge is 0.258 e. The highest BCUT2D eigenvalue weighted by Crippen LogP contribution is 2.33. The number of carbonyl (C=O) groups is 2. The first-order valence-corrected chi connectivity index (χ1v) is 10.5. The highest BCUT2D eigenvalue weighted by Gasteiger charge is 2.36. The van der Waals surface area contributed by atoms with Crippen molar-refractivity contribution in [2.75, 3.05) is 0 Å². The topological polar surface area (TPSA) is 127 Å². The SMILES string of the molecule is N#Cc1ccc(CNC(=O)[C@H]2Cc3ccccc3CN2C(=O)c2cc(Cl)c(O)cc2O)nc1. The summed E-state index contributed by atoms with van der Waals surface area (Å²) in [6.07, 6.45) is 1.71. The summed E-state index contributed by atoms with van der Waals surface area (Å²) in [5.41, 5.74) is 2.72. The van der Waals surface area contributed by atoms with Gasteiger partial charge in [-0.15, -0.1) is 0 Å². The molecule has 4 rings (SSSR count). The molecule has 0 fully saturated rings. The second kappa shape index (κ2) is 9.18. The van der Waals surface area contributed by atoms with Crippen LogP contribution < -0.4 is 5.32 Å². The van der Waals surface area contributed by atoms with Crippen molar-refractivity contribution in [2.45, 2.75) is 25.6 Å². The van der Waals surface area contributed by atoms with Gasteiger partial charge in [0.05, 0.1) is 28.4 Å². The minimum Gasteiger partial charge on any atom is -0.507 e. The molecule has 33 heavy (non-hydrogen) atoms. The van der Waals surface area contributed by atoms with Crippen LogP contribution in [-0.2, 0) is 24.3 Å². The van der Waals surface area contributed by atoms with Crippen molar-refractivity contribution in [1.29, 1.82) is 5.26 Å². The molecule has 2 heterocycles. The van der Waals surface area contributed by atoms with E-state index in [-0.39, 0.29) is 35.3 Å². The minimum absolute atomic E-state index is 0.0820. The van der Waals surface area contributed by atoms with E-state index in [1.807, 2.05) is 30.3 Å². The van der Waals surface area contributed by atoms with E-state index in [1.165, 1.54) is 17.2 Å². The molecule has 1 aliphatic rings. The number of amides is 2. The molecule has 0 radical (unpaired) electrons. The third-order valence-corrected chi connectivity index (χ3v) is 5.81. The van der Waals surface area contributed by atoms with Crippen molar-refractivity contribution in [1.82, 2.24) is 15.2 Å². The number of aromatic hydroxyl groups is 2. The van der Waals surface area contributed by atoms with Gasteiger partial charge in [-0.3, -0.25) is 14.6 Å². The number of halogens is 1. The molecule has 3 aromatic rings. The fourth-order valence-corrected chi connectivity index (χ4v) is 3.90. The lowest BCUT2D eigenvalue weighted by Gasteiger charge is -2.36. The first-order valence-electron chi connectivity index (χ1n) is 10.1. The molecule has 0 unspecified atom stereocenters. The Hall–Kier alpha value is -4.09. The normalized spacial score (nSPS) is 14.8. The second-order valence-corrected chi connectivity index (χ2v) is 8.02. The molecule has 166 valence electrons. The average molecular weight is 463 g/mol. The molecule has 1 atom stereocenters. The molecule has 0 aliphatic carbocycles. The van der Waals surface area contributed by atoms with Crippen LogP contribution in [0.1, 0.15) is 32.7 Å².